The fourth-order valence-electron chi connectivity index (χ4n) is 3.27. The standard InChI is InChI=1S/C11H9NO.C10H20/c1-2-8-3-5-10-9(7-8)4-6-11(13)12-10;1-10(2,3)9-7-5-4-6-8-9/h2-7H,1H2,(H,12,13);9H,4-8H2,1-3H3. The van der Waals surface area contributed by atoms with Crippen molar-refractivity contribution >= 4 is 17.0 Å². The lowest BCUT2D eigenvalue weighted by atomic mass is 9.72. The molecule has 0 spiro atoms. The highest BCUT2D eigenvalue weighted by molar-refractivity contribution is 5.80. The van der Waals surface area contributed by atoms with Gasteiger partial charge in [0.25, 0.3) is 0 Å². The van der Waals surface area contributed by atoms with Gasteiger partial charge in [0.2, 0.25) is 5.56 Å². The Balaban J connectivity index is 0.000000174. The maximum Gasteiger partial charge on any atom is 0.248 e. The van der Waals surface area contributed by atoms with E-state index in [1.54, 1.807) is 12.1 Å². The van der Waals surface area contributed by atoms with Crippen LogP contribution in [0.4, 0.5) is 0 Å². The van der Waals surface area contributed by atoms with Gasteiger partial charge in [-0.25, -0.2) is 0 Å². The minimum absolute atomic E-state index is 0.0705. The van der Waals surface area contributed by atoms with Crippen LogP contribution in [-0.2, 0) is 0 Å². The van der Waals surface area contributed by atoms with Crippen LogP contribution < -0.4 is 5.56 Å². The van der Waals surface area contributed by atoms with E-state index in [9.17, 15) is 4.79 Å². The molecular weight excluding hydrogens is 282 g/mol. The van der Waals surface area contributed by atoms with E-state index in [1.165, 1.54) is 38.2 Å². The summed E-state index contributed by atoms with van der Waals surface area (Å²) >= 11 is 0. The SMILES string of the molecule is C=Cc1ccc2[nH]c(=O)ccc2c1.CC(C)(C)C1CCCCC1. The van der Waals surface area contributed by atoms with Gasteiger partial charge in [-0.15, -0.1) is 0 Å². The second-order valence-corrected chi connectivity index (χ2v) is 7.57. The molecule has 0 aliphatic heterocycles. The lowest BCUT2D eigenvalue weighted by Gasteiger charge is -2.33. The molecule has 0 radical (unpaired) electrons. The Morgan fingerprint density at radius 3 is 2.35 bits per heavy atom. The van der Waals surface area contributed by atoms with Crippen LogP contribution >= 0.6 is 0 Å². The van der Waals surface area contributed by atoms with Gasteiger partial charge in [0.05, 0.1) is 0 Å². The number of H-pyrrole nitrogens is 1. The molecule has 1 heterocycles. The zero-order chi connectivity index (χ0) is 16.9. The molecule has 124 valence electrons. The molecule has 0 unspecified atom stereocenters. The van der Waals surface area contributed by atoms with E-state index in [0.717, 1.165) is 22.4 Å². The summed E-state index contributed by atoms with van der Waals surface area (Å²) in [6.07, 6.45) is 9.16. The van der Waals surface area contributed by atoms with Gasteiger partial charge < -0.3 is 4.98 Å². The highest BCUT2D eigenvalue weighted by Gasteiger charge is 2.25. The van der Waals surface area contributed by atoms with Crippen molar-refractivity contribution in [2.45, 2.75) is 52.9 Å². The van der Waals surface area contributed by atoms with Crippen LogP contribution in [0.3, 0.4) is 0 Å². The summed E-state index contributed by atoms with van der Waals surface area (Å²) in [5.41, 5.74) is 2.41. The molecule has 0 saturated heterocycles. The van der Waals surface area contributed by atoms with Crippen molar-refractivity contribution < 1.29 is 0 Å². The number of aromatic nitrogens is 1. The highest BCUT2D eigenvalue weighted by atomic mass is 16.1. The predicted octanol–water partition coefficient (Wildman–Crippen LogP) is 5.78. The van der Waals surface area contributed by atoms with Crippen LogP contribution in [0.1, 0.15) is 58.4 Å². The minimum atomic E-state index is -0.0705. The Kier molecular flexibility index (Phi) is 5.81. The predicted molar refractivity (Wildman–Crippen MR) is 101 cm³/mol. The largest absolute Gasteiger partial charge is 0.322 e. The first kappa shape index (κ1) is 17.5. The second-order valence-electron chi connectivity index (χ2n) is 7.57. The lowest BCUT2D eigenvalue weighted by Crippen LogP contribution is -2.22. The van der Waals surface area contributed by atoms with E-state index < -0.39 is 0 Å². The van der Waals surface area contributed by atoms with Gasteiger partial charge >= 0.3 is 0 Å². The van der Waals surface area contributed by atoms with Gasteiger partial charge in [-0.1, -0.05) is 58.8 Å². The van der Waals surface area contributed by atoms with Crippen molar-refractivity contribution in [3.63, 3.8) is 0 Å². The first-order valence-electron chi connectivity index (χ1n) is 8.65. The zero-order valence-corrected chi connectivity index (χ0v) is 14.7. The first-order valence-corrected chi connectivity index (χ1v) is 8.65. The maximum absolute atomic E-state index is 11.0. The molecule has 1 N–H and O–H groups in total. The molecule has 1 aliphatic carbocycles. The van der Waals surface area contributed by atoms with Gasteiger partial charge in [0.1, 0.15) is 0 Å². The summed E-state index contributed by atoms with van der Waals surface area (Å²) in [6, 6.07) is 9.12. The molecule has 1 fully saturated rings. The Morgan fingerprint density at radius 1 is 1.09 bits per heavy atom. The molecule has 1 aromatic heterocycles. The van der Waals surface area contributed by atoms with Gasteiger partial charge in [-0.2, -0.15) is 0 Å². The van der Waals surface area contributed by atoms with Crippen molar-refractivity contribution in [2.75, 3.05) is 0 Å². The molecule has 0 amide bonds. The lowest BCUT2D eigenvalue weighted by molar-refractivity contribution is 0.180. The van der Waals surface area contributed by atoms with E-state index in [-0.39, 0.29) is 5.56 Å². The molecule has 1 aliphatic rings. The number of aromatic amines is 1. The number of benzene rings is 1. The number of hydrogen-bond donors (Lipinski definition) is 1. The van der Waals surface area contributed by atoms with Crippen molar-refractivity contribution in [1.82, 2.24) is 4.98 Å². The number of nitrogens with one attached hydrogen (secondary N) is 1. The van der Waals surface area contributed by atoms with Crippen LogP contribution in [0.5, 0.6) is 0 Å². The maximum atomic E-state index is 11.0. The molecule has 3 rings (SSSR count). The van der Waals surface area contributed by atoms with E-state index in [2.05, 4.69) is 32.3 Å². The fourth-order valence-corrected chi connectivity index (χ4v) is 3.27. The summed E-state index contributed by atoms with van der Waals surface area (Å²) in [4.78, 5) is 13.7. The number of pyridine rings is 1. The van der Waals surface area contributed by atoms with Gasteiger partial charge in [0, 0.05) is 11.6 Å². The van der Waals surface area contributed by atoms with Crippen LogP contribution in [0, 0.1) is 11.3 Å². The summed E-state index contributed by atoms with van der Waals surface area (Å²) in [7, 11) is 0. The minimum Gasteiger partial charge on any atom is -0.322 e. The molecule has 2 heteroatoms. The van der Waals surface area contributed by atoms with E-state index >= 15 is 0 Å². The second kappa shape index (κ2) is 7.63. The summed E-state index contributed by atoms with van der Waals surface area (Å²) in [5, 5.41) is 1.03. The zero-order valence-electron chi connectivity index (χ0n) is 14.7. The van der Waals surface area contributed by atoms with Gasteiger partial charge in [-0.3, -0.25) is 4.79 Å². The van der Waals surface area contributed by atoms with E-state index in [0.29, 0.717) is 5.41 Å². The van der Waals surface area contributed by atoms with Crippen molar-refractivity contribution in [3.8, 4) is 0 Å². The molecule has 2 nitrogen and oxygen atoms in total. The average molecular weight is 311 g/mol. The van der Waals surface area contributed by atoms with Crippen LogP contribution in [-0.4, -0.2) is 4.98 Å². The topological polar surface area (TPSA) is 32.9 Å². The van der Waals surface area contributed by atoms with Crippen LogP contribution in [0.25, 0.3) is 17.0 Å². The molecule has 0 atom stereocenters. The molecule has 23 heavy (non-hydrogen) atoms. The summed E-state index contributed by atoms with van der Waals surface area (Å²) in [6.45, 7) is 10.8. The van der Waals surface area contributed by atoms with E-state index in [1.807, 2.05) is 18.2 Å². The van der Waals surface area contributed by atoms with Gasteiger partial charge in [-0.05, 0) is 53.3 Å². The average Bonchev–Trinajstić information content (AvgIpc) is 2.55. The van der Waals surface area contributed by atoms with Crippen molar-refractivity contribution in [3.05, 3.63) is 52.8 Å². The van der Waals surface area contributed by atoms with Crippen molar-refractivity contribution in [2.24, 2.45) is 11.3 Å². The van der Waals surface area contributed by atoms with Gasteiger partial charge in [0.15, 0.2) is 0 Å². The normalized spacial score (nSPS) is 15.8. The summed E-state index contributed by atoms with van der Waals surface area (Å²) in [5.74, 6) is 1.00. The molecule has 2 aromatic rings. The number of fused-ring (bicyclic) bond motifs is 1. The molecule has 1 saturated carbocycles. The van der Waals surface area contributed by atoms with E-state index in [4.69, 9.17) is 0 Å². The molecule has 1 aromatic carbocycles. The summed E-state index contributed by atoms with van der Waals surface area (Å²) < 4.78 is 0. The first-order chi connectivity index (χ1) is 10.9. The third kappa shape index (κ3) is 5.09. The molecular formula is C21H29NO. The Hall–Kier alpha value is -1.83. The smallest absolute Gasteiger partial charge is 0.248 e. The number of hydrogen-bond acceptors (Lipinski definition) is 1. The Labute approximate surface area is 139 Å². The third-order valence-electron chi connectivity index (χ3n) is 4.81. The van der Waals surface area contributed by atoms with Crippen LogP contribution in [0.15, 0.2) is 41.7 Å². The van der Waals surface area contributed by atoms with Crippen LogP contribution in [0.2, 0.25) is 0 Å². The quantitative estimate of drug-likeness (QED) is 0.711. The highest BCUT2D eigenvalue weighted by Crippen LogP contribution is 2.37. The number of rotatable bonds is 1. The Bertz CT molecular complexity index is 700. The van der Waals surface area contributed by atoms with Crippen molar-refractivity contribution in [1.29, 1.82) is 0 Å². The monoisotopic (exact) mass is 311 g/mol. The Morgan fingerprint density at radius 2 is 1.78 bits per heavy atom. The molecule has 0 bridgehead atoms. The third-order valence-corrected chi connectivity index (χ3v) is 4.81. The fraction of sp³-hybridized carbons (Fsp3) is 0.476.